The molecule has 116 valence electrons. The van der Waals surface area contributed by atoms with Gasteiger partial charge in [-0.05, 0) is 35.4 Å². The normalized spacial score (nSPS) is 23.6. The van der Waals surface area contributed by atoms with Gasteiger partial charge < -0.3 is 4.55 Å². The zero-order chi connectivity index (χ0) is 15.8. The van der Waals surface area contributed by atoms with Crippen molar-refractivity contribution in [1.82, 2.24) is 0 Å². The lowest BCUT2D eigenvalue weighted by molar-refractivity contribution is -0.119. The van der Waals surface area contributed by atoms with E-state index in [1.165, 1.54) is 5.01 Å². The molecule has 2 aromatic rings. The Hall–Kier alpha value is -2.11. The van der Waals surface area contributed by atoms with Gasteiger partial charge in [-0.1, -0.05) is 30.3 Å². The van der Waals surface area contributed by atoms with E-state index >= 15 is 0 Å². The van der Waals surface area contributed by atoms with Crippen LogP contribution in [0.3, 0.4) is 0 Å². The van der Waals surface area contributed by atoms with Crippen LogP contribution in [0.1, 0.15) is 18.4 Å². The van der Waals surface area contributed by atoms with E-state index in [9.17, 15) is 9.35 Å². The molecule has 0 saturated heterocycles. The summed E-state index contributed by atoms with van der Waals surface area (Å²) >= 11 is -1.03. The molecular weight excluding hydrogens is 308 g/mol. The minimum Gasteiger partial charge on any atom is -0.611 e. The molecule has 2 unspecified atom stereocenters. The lowest BCUT2D eigenvalue weighted by Crippen LogP contribution is -2.37. The van der Waals surface area contributed by atoms with E-state index in [0.717, 1.165) is 28.3 Å². The second-order valence-corrected chi connectivity index (χ2v) is 7.30. The van der Waals surface area contributed by atoms with E-state index in [2.05, 4.69) is 5.10 Å². The molecule has 0 radical (unpaired) electrons. The molecule has 2 aliphatic heterocycles. The summed E-state index contributed by atoms with van der Waals surface area (Å²) in [4.78, 5) is 13.3. The first kappa shape index (κ1) is 14.5. The van der Waals surface area contributed by atoms with Crippen molar-refractivity contribution in [2.75, 3.05) is 10.8 Å². The van der Waals surface area contributed by atoms with Crippen LogP contribution in [0.4, 0.5) is 5.69 Å². The van der Waals surface area contributed by atoms with Crippen LogP contribution in [0.2, 0.25) is 0 Å². The van der Waals surface area contributed by atoms with Crippen molar-refractivity contribution in [1.29, 1.82) is 0 Å². The van der Waals surface area contributed by atoms with E-state index in [-0.39, 0.29) is 11.8 Å². The second-order valence-electron chi connectivity index (χ2n) is 5.76. The zero-order valence-corrected chi connectivity index (χ0v) is 13.3. The molecule has 1 amide bonds. The molecule has 0 fully saturated rings. The molecule has 23 heavy (non-hydrogen) atoms. The van der Waals surface area contributed by atoms with Gasteiger partial charge in [0.25, 0.3) is 0 Å². The fraction of sp³-hybridized carbons (Fsp3) is 0.222. The van der Waals surface area contributed by atoms with Gasteiger partial charge in [0.2, 0.25) is 5.91 Å². The Labute approximate surface area is 138 Å². The number of amides is 1. The number of carbonyl (C=O) groups excluding carboxylic acids is 1. The Morgan fingerprint density at radius 1 is 1.09 bits per heavy atom. The summed E-state index contributed by atoms with van der Waals surface area (Å²) < 4.78 is 12.4. The Bertz CT molecular complexity index is 776. The molecule has 2 aliphatic rings. The van der Waals surface area contributed by atoms with Crippen LogP contribution in [0, 0.1) is 5.92 Å². The van der Waals surface area contributed by atoms with Gasteiger partial charge >= 0.3 is 0 Å². The highest BCUT2D eigenvalue weighted by Gasteiger charge is 2.36. The number of hydrogen-bond acceptors (Lipinski definition) is 3. The minimum atomic E-state index is -1.03. The first-order valence-corrected chi connectivity index (χ1v) is 9.00. The molecule has 2 aromatic carbocycles. The summed E-state index contributed by atoms with van der Waals surface area (Å²) in [5, 5.41) is 6.14. The lowest BCUT2D eigenvalue weighted by atomic mass is 9.90. The van der Waals surface area contributed by atoms with Crippen LogP contribution in [-0.4, -0.2) is 21.9 Å². The van der Waals surface area contributed by atoms with Crippen molar-refractivity contribution < 1.29 is 9.35 Å². The average Bonchev–Trinajstić information content (AvgIpc) is 2.73. The number of anilines is 1. The molecule has 2 atom stereocenters. The van der Waals surface area contributed by atoms with Gasteiger partial charge in [0, 0.05) is 18.8 Å². The maximum absolute atomic E-state index is 12.5. The highest BCUT2D eigenvalue weighted by Crippen LogP contribution is 2.33. The highest BCUT2D eigenvalue weighted by atomic mass is 32.2. The van der Waals surface area contributed by atoms with Gasteiger partial charge in [-0.3, -0.25) is 4.79 Å². The fourth-order valence-electron chi connectivity index (χ4n) is 3.16. The highest BCUT2D eigenvalue weighted by molar-refractivity contribution is 7.91. The number of rotatable bonds is 1. The molecule has 2 heterocycles. The van der Waals surface area contributed by atoms with Crippen LogP contribution in [0.15, 0.2) is 64.6 Å². The van der Waals surface area contributed by atoms with Crippen LogP contribution >= 0.6 is 0 Å². The molecule has 0 N–H and O–H groups in total. The van der Waals surface area contributed by atoms with E-state index < -0.39 is 11.2 Å². The summed E-state index contributed by atoms with van der Waals surface area (Å²) in [6.07, 6.45) is 1.15. The van der Waals surface area contributed by atoms with Crippen LogP contribution in [0.25, 0.3) is 0 Å². The molecule has 0 saturated carbocycles. The number of hydrogen-bond donors (Lipinski definition) is 0. The van der Waals surface area contributed by atoms with Gasteiger partial charge in [-0.15, -0.1) is 0 Å². The predicted octanol–water partition coefficient (Wildman–Crippen LogP) is 2.96. The van der Waals surface area contributed by atoms with Crippen LogP contribution in [0.5, 0.6) is 0 Å². The summed E-state index contributed by atoms with van der Waals surface area (Å²) in [5.74, 6) is 0.629. The summed E-state index contributed by atoms with van der Waals surface area (Å²) in [7, 11) is 0. The molecule has 0 aromatic heterocycles. The van der Waals surface area contributed by atoms with E-state index in [0.29, 0.717) is 12.2 Å². The molecule has 0 bridgehead atoms. The van der Waals surface area contributed by atoms with Gasteiger partial charge in [0.05, 0.1) is 17.0 Å². The van der Waals surface area contributed by atoms with Gasteiger partial charge in [-0.2, -0.15) is 5.10 Å². The topological polar surface area (TPSA) is 55.7 Å². The number of para-hydroxylation sites is 1. The Morgan fingerprint density at radius 3 is 2.65 bits per heavy atom. The van der Waals surface area contributed by atoms with Crippen molar-refractivity contribution in [3.63, 3.8) is 0 Å². The molecule has 4 nitrogen and oxygen atoms in total. The van der Waals surface area contributed by atoms with Crippen molar-refractivity contribution in [2.24, 2.45) is 11.0 Å². The zero-order valence-electron chi connectivity index (χ0n) is 12.5. The Morgan fingerprint density at radius 2 is 1.83 bits per heavy atom. The molecule has 5 heteroatoms. The van der Waals surface area contributed by atoms with Crippen molar-refractivity contribution in [3.05, 3.63) is 60.2 Å². The first-order chi connectivity index (χ1) is 11.2. The van der Waals surface area contributed by atoms with Crippen molar-refractivity contribution in [2.45, 2.75) is 17.7 Å². The molecule has 4 rings (SSSR count). The quantitative estimate of drug-likeness (QED) is 0.757. The van der Waals surface area contributed by atoms with E-state index in [1.54, 1.807) is 0 Å². The lowest BCUT2D eigenvalue weighted by Gasteiger charge is -2.28. The van der Waals surface area contributed by atoms with Crippen LogP contribution in [-0.2, 0) is 16.0 Å². The number of hydrazone groups is 1. The summed E-state index contributed by atoms with van der Waals surface area (Å²) in [5.41, 5.74) is 2.57. The van der Waals surface area contributed by atoms with Crippen LogP contribution < -0.4 is 5.01 Å². The average molecular weight is 324 g/mol. The smallest absolute Gasteiger partial charge is 0.248 e. The fourth-order valence-corrected chi connectivity index (χ4v) is 4.53. The van der Waals surface area contributed by atoms with Crippen molar-refractivity contribution >= 4 is 28.5 Å². The molecule has 0 aliphatic carbocycles. The largest absolute Gasteiger partial charge is 0.611 e. The maximum Gasteiger partial charge on any atom is 0.248 e. The van der Waals surface area contributed by atoms with E-state index in [1.807, 2.05) is 54.6 Å². The maximum atomic E-state index is 12.5. The standard InChI is InChI=1S/C18H16N2O2S/c21-17-12-13-10-11-23(22)16-9-5-4-8-15(16)18(13)19-20(17)14-6-2-1-3-7-14/h1-9,13H,10-12H2. The summed E-state index contributed by atoms with van der Waals surface area (Å²) in [6, 6.07) is 17.2. The number of nitrogens with zero attached hydrogens (tertiary/aromatic N) is 2. The third-order valence-electron chi connectivity index (χ3n) is 4.31. The van der Waals surface area contributed by atoms with Gasteiger partial charge in [0.1, 0.15) is 5.75 Å². The number of carbonyl (C=O) groups is 1. The first-order valence-electron chi connectivity index (χ1n) is 7.68. The van der Waals surface area contributed by atoms with Gasteiger partial charge in [-0.25, -0.2) is 5.01 Å². The van der Waals surface area contributed by atoms with Gasteiger partial charge in [0.15, 0.2) is 4.90 Å². The molecule has 0 spiro atoms. The second kappa shape index (κ2) is 5.83. The third-order valence-corrected chi connectivity index (χ3v) is 5.77. The monoisotopic (exact) mass is 324 g/mol. The summed E-state index contributed by atoms with van der Waals surface area (Å²) in [6.45, 7) is 0. The Kier molecular flexibility index (Phi) is 3.67. The Balaban J connectivity index is 1.84. The van der Waals surface area contributed by atoms with Crippen molar-refractivity contribution in [3.8, 4) is 0 Å². The third kappa shape index (κ3) is 2.56. The molecular formula is C18H16N2O2S. The number of fused-ring (bicyclic) bond motifs is 3. The SMILES string of the molecule is O=C1CC2CC[S+]([O-])c3ccccc3C2=NN1c1ccccc1. The minimum absolute atomic E-state index is 0.00452. The number of benzene rings is 2. The van der Waals surface area contributed by atoms with E-state index in [4.69, 9.17) is 0 Å². The predicted molar refractivity (Wildman–Crippen MR) is 90.9 cm³/mol.